The number of carbonyl (C=O) groups is 3. The Balaban J connectivity index is 1.64. The predicted molar refractivity (Wildman–Crippen MR) is 101 cm³/mol. The van der Waals surface area contributed by atoms with E-state index >= 15 is 0 Å². The summed E-state index contributed by atoms with van der Waals surface area (Å²) in [6.45, 7) is 4.44. The zero-order valence-electron chi connectivity index (χ0n) is 15.8. The molecule has 3 amide bonds. The number of nitrogens with two attached hydrogens (primary N) is 1. The number of ether oxygens (including phenoxy) is 1. The van der Waals surface area contributed by atoms with E-state index in [0.29, 0.717) is 52.0 Å². The van der Waals surface area contributed by atoms with Crippen molar-refractivity contribution in [3.63, 3.8) is 0 Å². The standard InChI is InChI=1S/C19H28N4O4/c1-15-5-7-16(8-6-15)27-14-9-19(26)23-12-10-22(11-13-23)18(25)4-2-3-17(24)21-20/h5-8H,2-4,9-14,20H2,1H3,(H,21,24). The van der Waals surface area contributed by atoms with Crippen LogP contribution in [0.1, 0.15) is 31.2 Å². The van der Waals surface area contributed by atoms with Crippen molar-refractivity contribution in [2.75, 3.05) is 32.8 Å². The van der Waals surface area contributed by atoms with Gasteiger partial charge in [0.15, 0.2) is 0 Å². The van der Waals surface area contributed by atoms with Crippen LogP contribution in [0.2, 0.25) is 0 Å². The van der Waals surface area contributed by atoms with Crippen molar-refractivity contribution < 1.29 is 19.1 Å². The Bertz CT molecular complexity index is 640. The average Bonchev–Trinajstić information content (AvgIpc) is 2.69. The van der Waals surface area contributed by atoms with Gasteiger partial charge in [-0.3, -0.25) is 19.8 Å². The van der Waals surface area contributed by atoms with Crippen molar-refractivity contribution in [3.8, 4) is 5.75 Å². The van der Waals surface area contributed by atoms with Gasteiger partial charge in [0.1, 0.15) is 5.75 Å². The Morgan fingerprint density at radius 3 is 2.07 bits per heavy atom. The first kappa shape index (κ1) is 20.7. The fraction of sp³-hybridized carbons (Fsp3) is 0.526. The molecule has 1 saturated heterocycles. The van der Waals surface area contributed by atoms with Crippen LogP contribution in [-0.2, 0) is 14.4 Å². The molecule has 0 bridgehead atoms. The molecule has 0 atom stereocenters. The van der Waals surface area contributed by atoms with Crippen molar-refractivity contribution >= 4 is 17.7 Å². The number of nitrogens with zero attached hydrogens (tertiary/aromatic N) is 2. The van der Waals surface area contributed by atoms with Crippen molar-refractivity contribution in [1.82, 2.24) is 15.2 Å². The lowest BCUT2D eigenvalue weighted by molar-refractivity contribution is -0.140. The van der Waals surface area contributed by atoms with E-state index in [0.717, 1.165) is 11.3 Å². The third-order valence-electron chi connectivity index (χ3n) is 4.55. The Kier molecular flexibility index (Phi) is 8.06. The molecule has 0 aliphatic carbocycles. The molecule has 1 aromatic rings. The monoisotopic (exact) mass is 376 g/mol. The minimum absolute atomic E-state index is 0.00891. The predicted octanol–water partition coefficient (Wildman–Crippen LogP) is 0.595. The number of piperazine rings is 1. The van der Waals surface area contributed by atoms with Crippen LogP contribution < -0.4 is 16.0 Å². The van der Waals surface area contributed by atoms with Crippen molar-refractivity contribution in [2.24, 2.45) is 5.84 Å². The number of nitrogens with one attached hydrogen (secondary N) is 1. The molecule has 0 radical (unpaired) electrons. The van der Waals surface area contributed by atoms with Gasteiger partial charge in [-0.15, -0.1) is 0 Å². The van der Waals surface area contributed by atoms with Crippen LogP contribution >= 0.6 is 0 Å². The van der Waals surface area contributed by atoms with Crippen LogP contribution in [0.25, 0.3) is 0 Å². The molecule has 1 aromatic carbocycles. The lowest BCUT2D eigenvalue weighted by Gasteiger charge is -2.35. The Hall–Kier alpha value is -2.61. The molecule has 8 nitrogen and oxygen atoms in total. The summed E-state index contributed by atoms with van der Waals surface area (Å²) in [6, 6.07) is 7.72. The van der Waals surface area contributed by atoms with Crippen LogP contribution in [0.15, 0.2) is 24.3 Å². The second-order valence-corrected chi connectivity index (χ2v) is 6.59. The van der Waals surface area contributed by atoms with E-state index < -0.39 is 0 Å². The van der Waals surface area contributed by atoms with Crippen LogP contribution in [-0.4, -0.2) is 60.3 Å². The zero-order valence-corrected chi connectivity index (χ0v) is 15.8. The van der Waals surface area contributed by atoms with Crippen LogP contribution in [0.4, 0.5) is 0 Å². The minimum Gasteiger partial charge on any atom is -0.493 e. The van der Waals surface area contributed by atoms with E-state index in [1.165, 1.54) is 0 Å². The number of hydrazine groups is 1. The average molecular weight is 376 g/mol. The van der Waals surface area contributed by atoms with E-state index in [9.17, 15) is 14.4 Å². The van der Waals surface area contributed by atoms with Crippen LogP contribution in [0, 0.1) is 6.92 Å². The first-order valence-corrected chi connectivity index (χ1v) is 9.24. The summed E-state index contributed by atoms with van der Waals surface area (Å²) in [5.74, 6) is 5.54. The van der Waals surface area contributed by atoms with E-state index in [4.69, 9.17) is 10.6 Å². The quantitative estimate of drug-likeness (QED) is 0.393. The summed E-state index contributed by atoms with van der Waals surface area (Å²) in [4.78, 5) is 39.0. The van der Waals surface area contributed by atoms with Crippen molar-refractivity contribution in [1.29, 1.82) is 0 Å². The van der Waals surface area contributed by atoms with Gasteiger partial charge in [0.05, 0.1) is 13.0 Å². The molecule has 0 saturated carbocycles. The van der Waals surface area contributed by atoms with Gasteiger partial charge in [0, 0.05) is 39.0 Å². The fourth-order valence-corrected chi connectivity index (χ4v) is 2.88. The van der Waals surface area contributed by atoms with Crippen molar-refractivity contribution in [3.05, 3.63) is 29.8 Å². The number of carbonyl (C=O) groups excluding carboxylic acids is 3. The molecule has 1 fully saturated rings. The molecule has 148 valence electrons. The number of hydrogen-bond donors (Lipinski definition) is 2. The summed E-state index contributed by atoms with van der Waals surface area (Å²) >= 11 is 0. The van der Waals surface area contributed by atoms with E-state index in [-0.39, 0.29) is 24.1 Å². The second kappa shape index (κ2) is 10.5. The topological polar surface area (TPSA) is 105 Å². The second-order valence-electron chi connectivity index (χ2n) is 6.59. The third-order valence-corrected chi connectivity index (χ3v) is 4.55. The molecule has 0 spiro atoms. The molecule has 27 heavy (non-hydrogen) atoms. The van der Waals surface area contributed by atoms with Crippen LogP contribution in [0.3, 0.4) is 0 Å². The summed E-state index contributed by atoms with van der Waals surface area (Å²) < 4.78 is 5.60. The summed E-state index contributed by atoms with van der Waals surface area (Å²) in [5.41, 5.74) is 3.21. The molecule has 1 aliphatic rings. The largest absolute Gasteiger partial charge is 0.493 e. The molecular formula is C19H28N4O4. The highest BCUT2D eigenvalue weighted by Gasteiger charge is 2.23. The maximum atomic E-state index is 12.3. The Morgan fingerprint density at radius 1 is 0.963 bits per heavy atom. The number of benzene rings is 1. The van der Waals surface area contributed by atoms with Gasteiger partial charge >= 0.3 is 0 Å². The number of aryl methyl sites for hydroxylation is 1. The van der Waals surface area contributed by atoms with Gasteiger partial charge in [-0.2, -0.15) is 0 Å². The molecule has 8 heteroatoms. The first-order valence-electron chi connectivity index (χ1n) is 9.24. The minimum atomic E-state index is -0.272. The van der Waals surface area contributed by atoms with E-state index in [1.807, 2.05) is 36.6 Å². The maximum absolute atomic E-state index is 12.3. The number of rotatable bonds is 8. The van der Waals surface area contributed by atoms with Gasteiger partial charge in [-0.1, -0.05) is 17.7 Å². The normalized spacial score (nSPS) is 14.0. The summed E-state index contributed by atoms with van der Waals surface area (Å²) in [7, 11) is 0. The van der Waals surface area contributed by atoms with E-state index in [1.54, 1.807) is 9.80 Å². The molecular weight excluding hydrogens is 348 g/mol. The molecule has 2 rings (SSSR count). The third kappa shape index (κ3) is 6.90. The number of amides is 3. The summed E-state index contributed by atoms with van der Waals surface area (Å²) in [5, 5.41) is 0. The van der Waals surface area contributed by atoms with Gasteiger partial charge in [-0.05, 0) is 25.5 Å². The first-order chi connectivity index (χ1) is 13.0. The lowest BCUT2D eigenvalue weighted by Crippen LogP contribution is -2.50. The highest BCUT2D eigenvalue weighted by Crippen LogP contribution is 2.12. The molecule has 0 unspecified atom stereocenters. The fourth-order valence-electron chi connectivity index (χ4n) is 2.88. The number of hydrogen-bond acceptors (Lipinski definition) is 5. The Labute approximate surface area is 159 Å². The smallest absolute Gasteiger partial charge is 0.233 e. The van der Waals surface area contributed by atoms with Gasteiger partial charge in [0.2, 0.25) is 17.7 Å². The van der Waals surface area contributed by atoms with E-state index in [2.05, 4.69) is 0 Å². The zero-order chi connectivity index (χ0) is 19.6. The maximum Gasteiger partial charge on any atom is 0.233 e. The van der Waals surface area contributed by atoms with Crippen molar-refractivity contribution in [2.45, 2.75) is 32.6 Å². The van der Waals surface area contributed by atoms with Gasteiger partial charge < -0.3 is 14.5 Å². The van der Waals surface area contributed by atoms with Crippen LogP contribution in [0.5, 0.6) is 5.75 Å². The van der Waals surface area contributed by atoms with Gasteiger partial charge in [0.25, 0.3) is 0 Å². The molecule has 1 heterocycles. The molecule has 3 N–H and O–H groups in total. The highest BCUT2D eigenvalue weighted by atomic mass is 16.5. The SMILES string of the molecule is Cc1ccc(OCCC(=O)N2CCN(C(=O)CCCC(=O)NN)CC2)cc1. The molecule has 0 aromatic heterocycles. The highest BCUT2D eigenvalue weighted by molar-refractivity contribution is 5.79. The summed E-state index contributed by atoms with van der Waals surface area (Å²) in [6.07, 6.45) is 1.33. The molecule has 1 aliphatic heterocycles. The van der Waals surface area contributed by atoms with Gasteiger partial charge in [-0.25, -0.2) is 5.84 Å². The Morgan fingerprint density at radius 2 is 1.52 bits per heavy atom. The lowest BCUT2D eigenvalue weighted by atomic mass is 10.2.